The monoisotopic (exact) mass is 429 g/mol. The topological polar surface area (TPSA) is 63.9 Å². The van der Waals surface area contributed by atoms with Gasteiger partial charge in [-0.1, -0.05) is 18.2 Å². The number of nitrogens with zero attached hydrogens (tertiary/aromatic N) is 4. The molecule has 5 rings (SSSR count). The molecule has 7 heteroatoms. The summed E-state index contributed by atoms with van der Waals surface area (Å²) in [6, 6.07) is 21.8. The molecule has 164 valence electrons. The SMILES string of the molecule is COc1cccc(-c2cccc3nc(Nc4ccc(OCCN5CCCC5)cc4)nn23)c1. The van der Waals surface area contributed by atoms with E-state index in [1.165, 1.54) is 25.9 Å². The molecule has 0 bridgehead atoms. The minimum absolute atomic E-state index is 0.544. The molecule has 0 saturated carbocycles. The van der Waals surface area contributed by atoms with Crippen molar-refractivity contribution in [2.45, 2.75) is 12.8 Å². The Morgan fingerprint density at radius 2 is 1.75 bits per heavy atom. The molecule has 0 spiro atoms. The molecule has 1 aliphatic heterocycles. The van der Waals surface area contributed by atoms with Crippen molar-refractivity contribution in [1.29, 1.82) is 0 Å². The van der Waals surface area contributed by atoms with Crippen molar-refractivity contribution in [2.24, 2.45) is 0 Å². The molecule has 0 aliphatic carbocycles. The smallest absolute Gasteiger partial charge is 0.247 e. The number of fused-ring (bicyclic) bond motifs is 1. The fourth-order valence-corrected chi connectivity index (χ4v) is 4.02. The lowest BCUT2D eigenvalue weighted by Gasteiger charge is -2.15. The molecule has 0 radical (unpaired) electrons. The summed E-state index contributed by atoms with van der Waals surface area (Å²) in [5, 5.41) is 7.96. The lowest BCUT2D eigenvalue weighted by molar-refractivity contribution is 0.238. The van der Waals surface area contributed by atoms with Gasteiger partial charge in [-0.3, -0.25) is 4.90 Å². The molecule has 1 aliphatic rings. The maximum Gasteiger partial charge on any atom is 0.247 e. The van der Waals surface area contributed by atoms with Crippen LogP contribution in [0.15, 0.2) is 66.7 Å². The number of aromatic nitrogens is 3. The van der Waals surface area contributed by atoms with Gasteiger partial charge in [-0.25, -0.2) is 4.52 Å². The van der Waals surface area contributed by atoms with Crippen LogP contribution in [0.1, 0.15) is 12.8 Å². The van der Waals surface area contributed by atoms with Gasteiger partial charge in [0, 0.05) is 17.8 Å². The molecule has 7 nitrogen and oxygen atoms in total. The van der Waals surface area contributed by atoms with Crippen molar-refractivity contribution in [1.82, 2.24) is 19.5 Å². The van der Waals surface area contributed by atoms with Crippen LogP contribution in [0.25, 0.3) is 16.9 Å². The van der Waals surface area contributed by atoms with Gasteiger partial charge in [0.1, 0.15) is 18.1 Å². The molecule has 0 unspecified atom stereocenters. The third-order valence-corrected chi connectivity index (χ3v) is 5.71. The minimum Gasteiger partial charge on any atom is -0.497 e. The van der Waals surface area contributed by atoms with Crippen LogP contribution in [0, 0.1) is 0 Å². The largest absolute Gasteiger partial charge is 0.497 e. The second-order valence-electron chi connectivity index (χ2n) is 7.89. The second kappa shape index (κ2) is 9.28. The molecule has 1 N–H and O–H groups in total. The second-order valence-corrected chi connectivity index (χ2v) is 7.89. The van der Waals surface area contributed by atoms with E-state index >= 15 is 0 Å². The zero-order valence-corrected chi connectivity index (χ0v) is 18.2. The van der Waals surface area contributed by atoms with Gasteiger partial charge in [0.25, 0.3) is 0 Å². The highest BCUT2D eigenvalue weighted by Gasteiger charge is 2.12. The number of rotatable bonds is 8. The van der Waals surface area contributed by atoms with Crippen molar-refractivity contribution in [3.8, 4) is 22.8 Å². The normalized spacial score (nSPS) is 14.0. The average Bonchev–Trinajstić information content (AvgIpc) is 3.49. The Hall–Kier alpha value is -3.58. The van der Waals surface area contributed by atoms with Crippen LogP contribution in [-0.2, 0) is 0 Å². The Bertz CT molecular complexity index is 1180. The Morgan fingerprint density at radius 1 is 0.938 bits per heavy atom. The third kappa shape index (κ3) is 4.53. The van der Waals surface area contributed by atoms with Crippen LogP contribution in [0.2, 0.25) is 0 Å². The Kier molecular flexibility index (Phi) is 5.89. The Balaban J connectivity index is 1.28. The summed E-state index contributed by atoms with van der Waals surface area (Å²) < 4.78 is 13.1. The van der Waals surface area contributed by atoms with E-state index in [0.717, 1.165) is 40.6 Å². The zero-order valence-electron chi connectivity index (χ0n) is 18.2. The van der Waals surface area contributed by atoms with Crippen LogP contribution in [0.4, 0.5) is 11.6 Å². The highest BCUT2D eigenvalue weighted by Crippen LogP contribution is 2.25. The van der Waals surface area contributed by atoms with E-state index in [4.69, 9.17) is 9.47 Å². The van der Waals surface area contributed by atoms with Gasteiger partial charge in [0.15, 0.2) is 5.65 Å². The van der Waals surface area contributed by atoms with E-state index in [-0.39, 0.29) is 0 Å². The van der Waals surface area contributed by atoms with E-state index in [1.54, 1.807) is 7.11 Å². The van der Waals surface area contributed by atoms with Gasteiger partial charge < -0.3 is 14.8 Å². The van der Waals surface area contributed by atoms with Gasteiger partial charge in [-0.2, -0.15) is 4.98 Å². The number of anilines is 2. The van der Waals surface area contributed by atoms with Crippen molar-refractivity contribution in [2.75, 3.05) is 38.7 Å². The number of likely N-dealkylation sites (tertiary alicyclic amines) is 1. The predicted molar refractivity (Wildman–Crippen MR) is 126 cm³/mol. The summed E-state index contributed by atoms with van der Waals surface area (Å²) in [5.41, 5.74) is 3.65. The summed E-state index contributed by atoms with van der Waals surface area (Å²) >= 11 is 0. The number of pyridine rings is 1. The Labute approximate surface area is 187 Å². The number of benzene rings is 2. The average molecular weight is 430 g/mol. The van der Waals surface area contributed by atoms with Gasteiger partial charge in [0.2, 0.25) is 5.95 Å². The first-order chi connectivity index (χ1) is 15.8. The van der Waals surface area contributed by atoms with E-state index in [1.807, 2.05) is 71.2 Å². The molecule has 1 fully saturated rings. The van der Waals surface area contributed by atoms with E-state index in [0.29, 0.717) is 12.6 Å². The molecule has 3 heterocycles. The van der Waals surface area contributed by atoms with Crippen LogP contribution in [0.3, 0.4) is 0 Å². The molecule has 0 atom stereocenters. The highest BCUT2D eigenvalue weighted by molar-refractivity contribution is 5.66. The molecular formula is C25H27N5O2. The third-order valence-electron chi connectivity index (χ3n) is 5.71. The summed E-state index contributed by atoms with van der Waals surface area (Å²) in [6.45, 7) is 4.09. The molecular weight excluding hydrogens is 402 g/mol. The molecule has 0 amide bonds. The molecule has 4 aromatic rings. The van der Waals surface area contributed by atoms with Crippen molar-refractivity contribution >= 4 is 17.3 Å². The Morgan fingerprint density at radius 3 is 2.56 bits per heavy atom. The minimum atomic E-state index is 0.544. The number of nitrogens with one attached hydrogen (secondary N) is 1. The van der Waals surface area contributed by atoms with Gasteiger partial charge in [0.05, 0.1) is 12.8 Å². The first-order valence-corrected chi connectivity index (χ1v) is 11.0. The summed E-state index contributed by atoms with van der Waals surface area (Å²) in [6.07, 6.45) is 2.61. The maximum atomic E-state index is 5.89. The molecule has 2 aromatic carbocycles. The fraction of sp³-hybridized carbons (Fsp3) is 0.280. The van der Waals surface area contributed by atoms with Crippen LogP contribution in [-0.4, -0.2) is 52.8 Å². The van der Waals surface area contributed by atoms with E-state index in [9.17, 15) is 0 Å². The standard InChI is InChI=1S/C25H27N5O2/c1-31-22-7-4-6-19(18-22)23-8-5-9-24-27-25(28-30(23)24)26-20-10-12-21(13-11-20)32-17-16-29-14-2-3-15-29/h4-13,18H,2-3,14-17H2,1H3,(H,26,28). The van der Waals surface area contributed by atoms with Crippen LogP contribution in [0.5, 0.6) is 11.5 Å². The lowest BCUT2D eigenvalue weighted by Crippen LogP contribution is -2.25. The van der Waals surface area contributed by atoms with Gasteiger partial charge in [-0.15, -0.1) is 5.10 Å². The predicted octanol–water partition coefficient (Wildman–Crippen LogP) is 4.62. The van der Waals surface area contributed by atoms with Crippen molar-refractivity contribution in [3.05, 3.63) is 66.7 Å². The summed E-state index contributed by atoms with van der Waals surface area (Å²) in [5.74, 6) is 2.22. The highest BCUT2D eigenvalue weighted by atomic mass is 16.5. The van der Waals surface area contributed by atoms with E-state index < -0.39 is 0 Å². The number of hydrogen-bond acceptors (Lipinski definition) is 6. The summed E-state index contributed by atoms with van der Waals surface area (Å²) in [4.78, 5) is 7.07. The maximum absolute atomic E-state index is 5.89. The van der Waals surface area contributed by atoms with Crippen molar-refractivity contribution < 1.29 is 9.47 Å². The van der Waals surface area contributed by atoms with Crippen molar-refractivity contribution in [3.63, 3.8) is 0 Å². The van der Waals surface area contributed by atoms with Gasteiger partial charge >= 0.3 is 0 Å². The first-order valence-electron chi connectivity index (χ1n) is 11.0. The fourth-order valence-electron chi connectivity index (χ4n) is 4.02. The van der Waals surface area contributed by atoms with Crippen LogP contribution < -0.4 is 14.8 Å². The number of hydrogen-bond donors (Lipinski definition) is 1. The number of methoxy groups -OCH3 is 1. The quantitative estimate of drug-likeness (QED) is 0.441. The van der Waals surface area contributed by atoms with Gasteiger partial charge in [-0.05, 0) is 74.5 Å². The molecule has 2 aromatic heterocycles. The zero-order chi connectivity index (χ0) is 21.8. The summed E-state index contributed by atoms with van der Waals surface area (Å²) in [7, 11) is 1.67. The molecule has 32 heavy (non-hydrogen) atoms. The van der Waals surface area contributed by atoms with E-state index in [2.05, 4.69) is 20.3 Å². The van der Waals surface area contributed by atoms with Crippen LogP contribution >= 0.6 is 0 Å². The molecule has 1 saturated heterocycles. The number of ether oxygens (including phenoxy) is 2. The lowest BCUT2D eigenvalue weighted by atomic mass is 10.1. The first kappa shape index (κ1) is 20.3.